The lowest BCUT2D eigenvalue weighted by Gasteiger charge is -2.12. The average Bonchev–Trinajstić information content (AvgIpc) is 3.04. The van der Waals surface area contributed by atoms with Gasteiger partial charge >= 0.3 is 0 Å². The summed E-state index contributed by atoms with van der Waals surface area (Å²) in [5, 5.41) is 3.47. The molecule has 2 aromatic heterocycles. The van der Waals surface area contributed by atoms with Crippen molar-refractivity contribution in [2.75, 3.05) is 19.8 Å². The number of fused-ring (bicyclic) bond motifs is 1. The van der Waals surface area contributed by atoms with Crippen LogP contribution in [-0.4, -0.2) is 35.2 Å². The SMILES string of the molecule is CCOc1ccc(CCNC(=O)c2sc3nc(C)n(C)c(=O)c3c2C)cc1OCC. The molecule has 3 rings (SSSR count). The molecule has 8 heteroatoms. The van der Waals surface area contributed by atoms with Crippen molar-refractivity contribution in [3.8, 4) is 11.5 Å². The van der Waals surface area contributed by atoms with Crippen molar-refractivity contribution >= 4 is 27.5 Å². The van der Waals surface area contributed by atoms with Crippen LogP contribution in [0, 0.1) is 13.8 Å². The number of nitrogens with zero attached hydrogens (tertiary/aromatic N) is 2. The topological polar surface area (TPSA) is 82.5 Å². The molecular weight excluding hydrogens is 402 g/mol. The van der Waals surface area contributed by atoms with Gasteiger partial charge in [-0.15, -0.1) is 11.3 Å². The van der Waals surface area contributed by atoms with Crippen LogP contribution >= 0.6 is 11.3 Å². The summed E-state index contributed by atoms with van der Waals surface area (Å²) < 4.78 is 12.8. The molecule has 0 bridgehead atoms. The Morgan fingerprint density at radius 1 is 1.17 bits per heavy atom. The van der Waals surface area contributed by atoms with E-state index < -0.39 is 0 Å². The van der Waals surface area contributed by atoms with Crippen molar-refractivity contribution in [2.24, 2.45) is 7.05 Å². The standard InChI is InChI=1S/C22H27N3O4S/c1-6-28-16-9-8-15(12-17(16)29-7-2)10-11-23-20(26)19-13(3)18-21(30-19)24-14(4)25(5)22(18)27/h8-9,12H,6-7,10-11H2,1-5H3,(H,23,26). The lowest BCUT2D eigenvalue weighted by molar-refractivity contribution is 0.0957. The Balaban J connectivity index is 1.72. The summed E-state index contributed by atoms with van der Waals surface area (Å²) in [5.74, 6) is 1.87. The summed E-state index contributed by atoms with van der Waals surface area (Å²) in [6, 6.07) is 5.81. The molecule has 1 N–H and O–H groups in total. The minimum atomic E-state index is -0.189. The second-order valence-corrected chi connectivity index (χ2v) is 7.91. The Kier molecular flexibility index (Phi) is 6.77. The molecule has 0 fully saturated rings. The van der Waals surface area contributed by atoms with E-state index in [0.717, 1.165) is 11.3 Å². The highest BCUT2D eigenvalue weighted by atomic mass is 32.1. The number of ether oxygens (including phenoxy) is 2. The van der Waals surface area contributed by atoms with Crippen LogP contribution < -0.4 is 20.3 Å². The molecule has 3 aromatic rings. The van der Waals surface area contributed by atoms with Gasteiger partial charge in [-0.2, -0.15) is 0 Å². The van der Waals surface area contributed by atoms with Crippen molar-refractivity contribution < 1.29 is 14.3 Å². The molecular formula is C22H27N3O4S. The van der Waals surface area contributed by atoms with Crippen LogP contribution in [0.25, 0.3) is 10.2 Å². The van der Waals surface area contributed by atoms with Gasteiger partial charge in [-0.05, 0) is 57.4 Å². The maximum Gasteiger partial charge on any atom is 0.262 e. The highest BCUT2D eigenvalue weighted by molar-refractivity contribution is 7.20. The number of rotatable bonds is 8. The zero-order valence-electron chi connectivity index (χ0n) is 18.0. The highest BCUT2D eigenvalue weighted by Crippen LogP contribution is 2.29. The molecule has 0 radical (unpaired) electrons. The van der Waals surface area contributed by atoms with Gasteiger partial charge < -0.3 is 14.8 Å². The summed E-state index contributed by atoms with van der Waals surface area (Å²) in [7, 11) is 1.69. The second-order valence-electron chi connectivity index (χ2n) is 6.91. The van der Waals surface area contributed by atoms with E-state index in [4.69, 9.17) is 9.47 Å². The van der Waals surface area contributed by atoms with Crippen LogP contribution in [0.5, 0.6) is 11.5 Å². The number of aryl methyl sites for hydroxylation is 2. The van der Waals surface area contributed by atoms with Gasteiger partial charge in [0.1, 0.15) is 10.7 Å². The predicted octanol–water partition coefficient (Wildman–Crippen LogP) is 3.38. The van der Waals surface area contributed by atoms with Crippen LogP contribution in [0.1, 0.15) is 40.5 Å². The van der Waals surface area contributed by atoms with E-state index in [2.05, 4.69) is 10.3 Å². The van der Waals surface area contributed by atoms with Gasteiger partial charge in [0.15, 0.2) is 11.5 Å². The Morgan fingerprint density at radius 3 is 2.57 bits per heavy atom. The number of hydrogen-bond acceptors (Lipinski definition) is 6. The van der Waals surface area contributed by atoms with E-state index in [-0.39, 0.29) is 11.5 Å². The maximum absolute atomic E-state index is 12.7. The Hall–Kier alpha value is -2.87. The summed E-state index contributed by atoms with van der Waals surface area (Å²) in [6.45, 7) is 9.04. The van der Waals surface area contributed by atoms with Crippen LogP contribution in [0.15, 0.2) is 23.0 Å². The fourth-order valence-electron chi connectivity index (χ4n) is 3.23. The van der Waals surface area contributed by atoms with Gasteiger partial charge in [-0.1, -0.05) is 6.07 Å². The summed E-state index contributed by atoms with van der Waals surface area (Å²) >= 11 is 1.26. The third kappa shape index (κ3) is 4.33. The van der Waals surface area contributed by atoms with Gasteiger partial charge in [0.05, 0.1) is 23.5 Å². The lowest BCUT2D eigenvalue weighted by Crippen LogP contribution is -2.25. The quantitative estimate of drug-likeness (QED) is 0.594. The minimum Gasteiger partial charge on any atom is -0.490 e. The van der Waals surface area contributed by atoms with Crippen molar-refractivity contribution in [1.29, 1.82) is 0 Å². The molecule has 0 spiro atoms. The van der Waals surface area contributed by atoms with E-state index in [1.54, 1.807) is 20.9 Å². The Labute approximate surface area is 179 Å². The number of carbonyl (C=O) groups excluding carboxylic acids is 1. The van der Waals surface area contributed by atoms with E-state index >= 15 is 0 Å². The number of nitrogens with one attached hydrogen (secondary N) is 1. The maximum atomic E-state index is 12.7. The molecule has 0 aliphatic heterocycles. The second kappa shape index (κ2) is 9.30. The van der Waals surface area contributed by atoms with Crippen molar-refractivity contribution in [3.05, 3.63) is 50.4 Å². The number of benzene rings is 1. The van der Waals surface area contributed by atoms with Crippen molar-refractivity contribution in [3.63, 3.8) is 0 Å². The van der Waals surface area contributed by atoms with Gasteiger partial charge in [-0.3, -0.25) is 14.2 Å². The Bertz CT molecular complexity index is 1130. The first-order valence-electron chi connectivity index (χ1n) is 10.0. The zero-order chi connectivity index (χ0) is 21.8. The molecule has 1 aromatic carbocycles. The molecule has 0 aliphatic carbocycles. The molecule has 1 amide bonds. The van der Waals surface area contributed by atoms with E-state index in [1.165, 1.54) is 15.9 Å². The summed E-state index contributed by atoms with van der Waals surface area (Å²) in [5.41, 5.74) is 1.60. The molecule has 2 heterocycles. The number of hydrogen-bond donors (Lipinski definition) is 1. The first kappa shape index (κ1) is 21.8. The molecule has 7 nitrogen and oxygen atoms in total. The first-order chi connectivity index (χ1) is 14.4. The molecule has 0 atom stereocenters. The van der Waals surface area contributed by atoms with Gasteiger partial charge in [0, 0.05) is 13.6 Å². The Morgan fingerprint density at radius 2 is 1.87 bits per heavy atom. The first-order valence-corrected chi connectivity index (χ1v) is 10.8. The number of thiophene rings is 1. The number of aromatic nitrogens is 2. The smallest absolute Gasteiger partial charge is 0.262 e. The molecule has 0 saturated carbocycles. The normalized spacial score (nSPS) is 11.0. The monoisotopic (exact) mass is 429 g/mol. The van der Waals surface area contributed by atoms with Crippen molar-refractivity contribution in [1.82, 2.24) is 14.9 Å². The summed E-state index contributed by atoms with van der Waals surface area (Å²) in [6.07, 6.45) is 0.654. The van der Waals surface area contributed by atoms with E-state index in [9.17, 15) is 9.59 Å². The molecule has 160 valence electrons. The molecule has 0 unspecified atom stereocenters. The third-order valence-corrected chi connectivity index (χ3v) is 6.09. The third-order valence-electron chi connectivity index (χ3n) is 4.91. The molecule has 30 heavy (non-hydrogen) atoms. The van der Waals surface area contributed by atoms with Crippen LogP contribution in [0.4, 0.5) is 0 Å². The number of amides is 1. The molecule has 0 aliphatic rings. The fourth-order valence-corrected chi connectivity index (χ4v) is 4.37. The van der Waals surface area contributed by atoms with Gasteiger partial charge in [0.25, 0.3) is 11.5 Å². The van der Waals surface area contributed by atoms with Crippen LogP contribution in [-0.2, 0) is 13.5 Å². The average molecular weight is 430 g/mol. The van der Waals surface area contributed by atoms with E-state index in [1.807, 2.05) is 32.0 Å². The van der Waals surface area contributed by atoms with Crippen LogP contribution in [0.3, 0.4) is 0 Å². The van der Waals surface area contributed by atoms with Gasteiger partial charge in [-0.25, -0.2) is 4.98 Å². The van der Waals surface area contributed by atoms with Crippen molar-refractivity contribution in [2.45, 2.75) is 34.1 Å². The largest absolute Gasteiger partial charge is 0.490 e. The predicted molar refractivity (Wildman–Crippen MR) is 119 cm³/mol. The lowest BCUT2D eigenvalue weighted by atomic mass is 10.1. The van der Waals surface area contributed by atoms with Gasteiger partial charge in [0.2, 0.25) is 0 Å². The number of carbonyl (C=O) groups is 1. The van der Waals surface area contributed by atoms with E-state index in [0.29, 0.717) is 58.4 Å². The highest BCUT2D eigenvalue weighted by Gasteiger charge is 2.19. The fraction of sp³-hybridized carbons (Fsp3) is 0.409. The molecule has 0 saturated heterocycles. The van der Waals surface area contributed by atoms with Crippen LogP contribution in [0.2, 0.25) is 0 Å². The summed E-state index contributed by atoms with van der Waals surface area (Å²) in [4.78, 5) is 30.9. The zero-order valence-corrected chi connectivity index (χ0v) is 18.8. The minimum absolute atomic E-state index is 0.122.